The van der Waals surface area contributed by atoms with E-state index in [0.29, 0.717) is 12.3 Å². The van der Waals surface area contributed by atoms with E-state index in [2.05, 4.69) is 4.98 Å². The fourth-order valence-corrected chi connectivity index (χ4v) is 1.37. The van der Waals surface area contributed by atoms with Crippen LogP contribution in [0.4, 0.5) is 0 Å². The second kappa shape index (κ2) is 5.82. The van der Waals surface area contributed by atoms with Crippen molar-refractivity contribution < 1.29 is 14.3 Å². The van der Waals surface area contributed by atoms with E-state index >= 15 is 0 Å². The first kappa shape index (κ1) is 14.4. The molecule has 0 aromatic carbocycles. The first-order valence-corrected chi connectivity index (χ1v) is 5.79. The number of hydrogen-bond donors (Lipinski definition) is 1. The molecule has 0 saturated heterocycles. The summed E-state index contributed by atoms with van der Waals surface area (Å²) in [6.07, 6.45) is 2.04. The summed E-state index contributed by atoms with van der Waals surface area (Å²) in [5.41, 5.74) is 6.14. The number of esters is 1. The molecule has 0 saturated carbocycles. The van der Waals surface area contributed by atoms with Crippen LogP contribution in [0.3, 0.4) is 0 Å². The van der Waals surface area contributed by atoms with Gasteiger partial charge in [-0.2, -0.15) is 0 Å². The van der Waals surface area contributed by atoms with Crippen LogP contribution in [0.15, 0.2) is 18.3 Å². The third kappa shape index (κ3) is 4.71. The van der Waals surface area contributed by atoms with Crippen LogP contribution in [-0.2, 0) is 16.0 Å². The van der Waals surface area contributed by atoms with Gasteiger partial charge in [-0.1, -0.05) is 6.07 Å². The van der Waals surface area contributed by atoms with Crippen molar-refractivity contribution in [3.05, 3.63) is 23.9 Å². The van der Waals surface area contributed by atoms with Crippen LogP contribution in [0.1, 0.15) is 26.3 Å². The van der Waals surface area contributed by atoms with Crippen molar-refractivity contribution in [3.63, 3.8) is 0 Å². The molecule has 0 aliphatic rings. The van der Waals surface area contributed by atoms with Crippen LogP contribution in [0.5, 0.6) is 5.88 Å². The van der Waals surface area contributed by atoms with E-state index in [1.54, 1.807) is 19.4 Å². The van der Waals surface area contributed by atoms with E-state index in [1.165, 1.54) is 0 Å². The Morgan fingerprint density at radius 2 is 2.11 bits per heavy atom. The Morgan fingerprint density at radius 1 is 1.44 bits per heavy atom. The van der Waals surface area contributed by atoms with E-state index in [-0.39, 0.29) is 0 Å². The van der Waals surface area contributed by atoms with Gasteiger partial charge in [-0.15, -0.1) is 0 Å². The van der Waals surface area contributed by atoms with Crippen LogP contribution < -0.4 is 10.5 Å². The minimum atomic E-state index is -0.681. The summed E-state index contributed by atoms with van der Waals surface area (Å²) in [4.78, 5) is 15.7. The number of aromatic nitrogens is 1. The second-order valence-corrected chi connectivity index (χ2v) is 5.05. The Morgan fingerprint density at radius 3 is 2.56 bits per heavy atom. The van der Waals surface area contributed by atoms with Gasteiger partial charge < -0.3 is 15.2 Å². The average molecular weight is 252 g/mol. The molecule has 5 heteroatoms. The van der Waals surface area contributed by atoms with Gasteiger partial charge in [0.1, 0.15) is 11.6 Å². The molecule has 1 heterocycles. The molecule has 18 heavy (non-hydrogen) atoms. The summed E-state index contributed by atoms with van der Waals surface area (Å²) < 4.78 is 10.2. The first-order valence-electron chi connectivity index (χ1n) is 5.79. The molecule has 0 aliphatic heterocycles. The second-order valence-electron chi connectivity index (χ2n) is 5.05. The predicted molar refractivity (Wildman–Crippen MR) is 68.3 cm³/mol. The summed E-state index contributed by atoms with van der Waals surface area (Å²) in [6.45, 7) is 5.44. The van der Waals surface area contributed by atoms with Crippen molar-refractivity contribution in [1.82, 2.24) is 4.98 Å². The zero-order chi connectivity index (χ0) is 13.8. The van der Waals surface area contributed by atoms with Crippen molar-refractivity contribution in [2.24, 2.45) is 5.73 Å². The minimum Gasteiger partial charge on any atom is -0.481 e. The zero-order valence-electron chi connectivity index (χ0n) is 11.3. The Hall–Kier alpha value is -1.62. The Kier molecular flexibility index (Phi) is 4.67. The van der Waals surface area contributed by atoms with Crippen LogP contribution in [0.25, 0.3) is 0 Å². The lowest BCUT2D eigenvalue weighted by atomic mass is 10.1. The highest BCUT2D eigenvalue weighted by atomic mass is 16.6. The first-order chi connectivity index (χ1) is 8.31. The third-order valence-corrected chi connectivity index (χ3v) is 2.17. The highest BCUT2D eigenvalue weighted by Gasteiger charge is 2.22. The van der Waals surface area contributed by atoms with Crippen molar-refractivity contribution in [2.75, 3.05) is 7.11 Å². The molecule has 0 aliphatic carbocycles. The van der Waals surface area contributed by atoms with Crippen LogP contribution in [-0.4, -0.2) is 29.7 Å². The van der Waals surface area contributed by atoms with Gasteiger partial charge in [0.25, 0.3) is 0 Å². The lowest BCUT2D eigenvalue weighted by molar-refractivity contribution is -0.156. The highest BCUT2D eigenvalue weighted by molar-refractivity contribution is 5.76. The van der Waals surface area contributed by atoms with Gasteiger partial charge in [-0.25, -0.2) is 4.98 Å². The summed E-state index contributed by atoms with van der Waals surface area (Å²) in [6, 6.07) is 2.88. The molecule has 0 unspecified atom stereocenters. The molecule has 0 bridgehead atoms. The quantitative estimate of drug-likeness (QED) is 0.818. The Bertz CT molecular complexity index is 396. The molecule has 1 atom stereocenters. The van der Waals surface area contributed by atoms with Crippen LogP contribution in [0, 0.1) is 0 Å². The molecule has 0 amide bonds. The molecule has 1 aromatic heterocycles. The Balaban J connectivity index is 2.58. The number of carbonyl (C=O) groups is 1. The zero-order valence-corrected chi connectivity index (χ0v) is 11.3. The number of carbonyl (C=O) groups excluding carboxylic acids is 1. The van der Waals surface area contributed by atoms with Gasteiger partial charge in [0, 0.05) is 12.3 Å². The van der Waals surface area contributed by atoms with E-state index < -0.39 is 17.6 Å². The fourth-order valence-electron chi connectivity index (χ4n) is 1.37. The smallest absolute Gasteiger partial charge is 0.323 e. The molecule has 0 radical (unpaired) electrons. The van der Waals surface area contributed by atoms with Crippen LogP contribution >= 0.6 is 0 Å². The molecule has 100 valence electrons. The van der Waals surface area contributed by atoms with Gasteiger partial charge in [0.15, 0.2) is 0 Å². The summed E-state index contributed by atoms with van der Waals surface area (Å²) >= 11 is 0. The SMILES string of the molecule is COc1ccc(C[C@H](N)C(=O)OC(C)(C)C)cn1. The lowest BCUT2D eigenvalue weighted by Gasteiger charge is -2.22. The molecule has 5 nitrogen and oxygen atoms in total. The molecular formula is C13H20N2O3. The molecule has 0 spiro atoms. The van der Waals surface area contributed by atoms with E-state index in [4.69, 9.17) is 15.2 Å². The number of hydrogen-bond acceptors (Lipinski definition) is 5. The fraction of sp³-hybridized carbons (Fsp3) is 0.538. The standard InChI is InChI=1S/C13H20N2O3/c1-13(2,3)18-12(16)10(14)7-9-5-6-11(17-4)15-8-9/h5-6,8,10H,7,14H2,1-4H3/t10-/m0/s1. The Labute approximate surface area is 107 Å². The van der Waals surface area contributed by atoms with Gasteiger partial charge in [-0.3, -0.25) is 4.79 Å². The lowest BCUT2D eigenvalue weighted by Crippen LogP contribution is -2.38. The molecular weight excluding hydrogens is 232 g/mol. The average Bonchev–Trinajstić information content (AvgIpc) is 2.27. The van der Waals surface area contributed by atoms with E-state index in [9.17, 15) is 4.79 Å². The monoisotopic (exact) mass is 252 g/mol. The number of pyridine rings is 1. The molecule has 1 rings (SSSR count). The van der Waals surface area contributed by atoms with Gasteiger partial charge >= 0.3 is 5.97 Å². The maximum absolute atomic E-state index is 11.7. The van der Waals surface area contributed by atoms with Crippen molar-refractivity contribution in [1.29, 1.82) is 0 Å². The summed E-state index contributed by atoms with van der Waals surface area (Å²) in [7, 11) is 1.55. The summed E-state index contributed by atoms with van der Waals surface area (Å²) in [5, 5.41) is 0. The van der Waals surface area contributed by atoms with Gasteiger partial charge in [0.2, 0.25) is 5.88 Å². The van der Waals surface area contributed by atoms with E-state index in [0.717, 1.165) is 5.56 Å². The van der Waals surface area contributed by atoms with Crippen molar-refractivity contribution >= 4 is 5.97 Å². The van der Waals surface area contributed by atoms with Crippen molar-refractivity contribution in [2.45, 2.75) is 38.8 Å². The van der Waals surface area contributed by atoms with Crippen LogP contribution in [0.2, 0.25) is 0 Å². The minimum absolute atomic E-state index is 0.395. The number of ether oxygens (including phenoxy) is 2. The highest BCUT2D eigenvalue weighted by Crippen LogP contribution is 2.11. The molecule has 2 N–H and O–H groups in total. The maximum Gasteiger partial charge on any atom is 0.323 e. The van der Waals surface area contributed by atoms with E-state index in [1.807, 2.05) is 26.8 Å². The van der Waals surface area contributed by atoms with Crippen molar-refractivity contribution in [3.8, 4) is 5.88 Å². The predicted octanol–water partition coefficient (Wildman–Crippen LogP) is 1.30. The topological polar surface area (TPSA) is 74.4 Å². The number of nitrogens with two attached hydrogens (primary N) is 1. The molecule has 1 aromatic rings. The normalized spacial score (nSPS) is 12.9. The maximum atomic E-state index is 11.7. The largest absolute Gasteiger partial charge is 0.481 e. The number of nitrogens with zero attached hydrogens (tertiary/aromatic N) is 1. The molecule has 0 fully saturated rings. The number of methoxy groups -OCH3 is 1. The summed E-state index contributed by atoms with van der Waals surface area (Å²) in [5.74, 6) is 0.128. The van der Waals surface area contributed by atoms with Gasteiger partial charge in [0.05, 0.1) is 7.11 Å². The number of rotatable bonds is 4. The third-order valence-electron chi connectivity index (χ3n) is 2.17. The van der Waals surface area contributed by atoms with Gasteiger partial charge in [-0.05, 0) is 32.8 Å².